The quantitative estimate of drug-likeness (QED) is 0.850. The molecular formula is C13H18ClNO5S2. The summed E-state index contributed by atoms with van der Waals surface area (Å²) < 4.78 is 50.0. The van der Waals surface area contributed by atoms with Crippen molar-refractivity contribution in [2.45, 2.75) is 30.9 Å². The number of sulfone groups is 1. The van der Waals surface area contributed by atoms with Crippen LogP contribution in [0.15, 0.2) is 23.1 Å². The Morgan fingerprint density at radius 3 is 2.50 bits per heavy atom. The summed E-state index contributed by atoms with van der Waals surface area (Å²) in [6.45, 7) is 3.31. The molecule has 0 aromatic heterocycles. The van der Waals surface area contributed by atoms with Crippen LogP contribution in [0.1, 0.15) is 12.5 Å². The molecule has 9 heteroatoms. The van der Waals surface area contributed by atoms with Crippen LogP contribution in [0.4, 0.5) is 0 Å². The van der Waals surface area contributed by atoms with Crippen LogP contribution in [-0.4, -0.2) is 56.4 Å². The number of sulfonamides is 1. The molecular weight excluding hydrogens is 350 g/mol. The minimum atomic E-state index is -3.95. The van der Waals surface area contributed by atoms with Crippen molar-refractivity contribution >= 4 is 31.5 Å². The lowest BCUT2D eigenvalue weighted by atomic mass is 10.2. The Kier molecular flexibility index (Phi) is 4.89. The summed E-state index contributed by atoms with van der Waals surface area (Å²) >= 11 is 5.88. The standard InChI is InChI=1S/C13H18ClNO5S2/c1-3-15(11-7-21(17,18)8-12(11)16)22(19,20)13-6-10(14)5-4-9(13)2/h4-6,11-12,16H,3,7-8H2,1-2H3/t11-,12+/m1/s1. The number of likely N-dealkylation sites (N-methyl/N-ethyl adjacent to an activating group) is 1. The molecule has 1 saturated heterocycles. The van der Waals surface area contributed by atoms with E-state index in [-0.39, 0.29) is 22.2 Å². The van der Waals surface area contributed by atoms with E-state index in [4.69, 9.17) is 11.6 Å². The third-order valence-electron chi connectivity index (χ3n) is 3.71. The summed E-state index contributed by atoms with van der Waals surface area (Å²) in [5.74, 6) is -0.793. The van der Waals surface area contributed by atoms with E-state index < -0.39 is 37.8 Å². The van der Waals surface area contributed by atoms with Crippen LogP contribution in [0.3, 0.4) is 0 Å². The molecule has 0 radical (unpaired) electrons. The van der Waals surface area contributed by atoms with E-state index in [0.717, 1.165) is 4.31 Å². The van der Waals surface area contributed by atoms with Crippen LogP contribution in [0.25, 0.3) is 0 Å². The van der Waals surface area contributed by atoms with Crippen LogP contribution in [0.2, 0.25) is 5.02 Å². The average Bonchev–Trinajstić information content (AvgIpc) is 2.66. The van der Waals surface area contributed by atoms with Gasteiger partial charge < -0.3 is 5.11 Å². The molecule has 2 atom stereocenters. The molecule has 1 heterocycles. The van der Waals surface area contributed by atoms with Crippen LogP contribution in [0.5, 0.6) is 0 Å². The van der Waals surface area contributed by atoms with Gasteiger partial charge in [-0.1, -0.05) is 24.6 Å². The highest BCUT2D eigenvalue weighted by Crippen LogP contribution is 2.28. The third kappa shape index (κ3) is 3.30. The largest absolute Gasteiger partial charge is 0.390 e. The summed E-state index contributed by atoms with van der Waals surface area (Å²) in [6.07, 6.45) is -1.22. The second-order valence-electron chi connectivity index (χ2n) is 5.33. The molecule has 124 valence electrons. The van der Waals surface area contributed by atoms with Crippen LogP contribution in [0, 0.1) is 6.92 Å². The molecule has 0 saturated carbocycles. The van der Waals surface area contributed by atoms with Crippen molar-refractivity contribution in [1.29, 1.82) is 0 Å². The molecule has 22 heavy (non-hydrogen) atoms. The Balaban J connectivity index is 2.48. The fraction of sp³-hybridized carbons (Fsp3) is 0.538. The Morgan fingerprint density at radius 2 is 2.00 bits per heavy atom. The zero-order chi connectivity index (χ0) is 16.7. The zero-order valence-electron chi connectivity index (χ0n) is 12.2. The van der Waals surface area contributed by atoms with E-state index in [9.17, 15) is 21.9 Å². The van der Waals surface area contributed by atoms with E-state index in [1.165, 1.54) is 6.07 Å². The highest BCUT2D eigenvalue weighted by atomic mass is 35.5. The predicted molar refractivity (Wildman–Crippen MR) is 84.2 cm³/mol. The Hall–Kier alpha value is -0.670. The molecule has 1 fully saturated rings. The van der Waals surface area contributed by atoms with Crippen molar-refractivity contribution in [2.24, 2.45) is 0 Å². The molecule has 0 aliphatic carbocycles. The lowest BCUT2D eigenvalue weighted by molar-refractivity contribution is 0.130. The number of hydrogen-bond acceptors (Lipinski definition) is 5. The number of rotatable bonds is 4. The molecule has 1 aromatic rings. The topological polar surface area (TPSA) is 91.8 Å². The van der Waals surface area contributed by atoms with Gasteiger partial charge in [-0.05, 0) is 24.6 Å². The second kappa shape index (κ2) is 6.09. The van der Waals surface area contributed by atoms with Crippen molar-refractivity contribution in [3.8, 4) is 0 Å². The second-order valence-corrected chi connectivity index (χ2v) is 9.78. The number of benzene rings is 1. The molecule has 0 spiro atoms. The maximum absolute atomic E-state index is 12.8. The molecule has 1 aliphatic heterocycles. The summed E-state index contributed by atoms with van der Waals surface area (Å²) in [5.41, 5.74) is 0.512. The first kappa shape index (κ1) is 17.7. The summed E-state index contributed by atoms with van der Waals surface area (Å²) in [4.78, 5) is 0.0262. The number of aryl methyl sites for hydroxylation is 1. The summed E-state index contributed by atoms with van der Waals surface area (Å²) in [5, 5.41) is 10.2. The fourth-order valence-electron chi connectivity index (χ4n) is 2.65. The van der Waals surface area contributed by atoms with Gasteiger partial charge in [-0.25, -0.2) is 16.8 Å². The molecule has 1 aromatic carbocycles. The molecule has 1 aliphatic rings. The number of aliphatic hydroxyl groups is 1. The number of aliphatic hydroxyl groups excluding tert-OH is 1. The first-order valence-corrected chi connectivity index (χ1v) is 10.4. The zero-order valence-corrected chi connectivity index (χ0v) is 14.6. The lowest BCUT2D eigenvalue weighted by Gasteiger charge is -2.28. The smallest absolute Gasteiger partial charge is 0.243 e. The normalized spacial score (nSPS) is 24.8. The minimum Gasteiger partial charge on any atom is -0.390 e. The molecule has 1 N–H and O–H groups in total. The SMILES string of the molecule is CCN([C@@H]1CS(=O)(=O)C[C@@H]1O)S(=O)(=O)c1cc(Cl)ccc1C. The van der Waals surface area contributed by atoms with Gasteiger partial charge in [0, 0.05) is 11.6 Å². The van der Waals surface area contributed by atoms with Gasteiger partial charge in [-0.2, -0.15) is 4.31 Å². The molecule has 0 amide bonds. The molecule has 0 unspecified atom stereocenters. The van der Waals surface area contributed by atoms with E-state index in [2.05, 4.69) is 0 Å². The third-order valence-corrected chi connectivity index (χ3v) is 7.79. The summed E-state index contributed by atoms with van der Waals surface area (Å²) in [6, 6.07) is 3.54. The number of nitrogens with zero attached hydrogens (tertiary/aromatic N) is 1. The first-order valence-electron chi connectivity index (χ1n) is 6.75. The molecule has 0 bridgehead atoms. The van der Waals surface area contributed by atoms with Gasteiger partial charge in [0.1, 0.15) is 0 Å². The van der Waals surface area contributed by atoms with Crippen molar-refractivity contribution in [1.82, 2.24) is 4.31 Å². The highest BCUT2D eigenvalue weighted by molar-refractivity contribution is 7.92. The minimum absolute atomic E-state index is 0.0262. The van der Waals surface area contributed by atoms with E-state index in [1.54, 1.807) is 26.0 Å². The Morgan fingerprint density at radius 1 is 1.36 bits per heavy atom. The monoisotopic (exact) mass is 367 g/mol. The van der Waals surface area contributed by atoms with E-state index >= 15 is 0 Å². The van der Waals surface area contributed by atoms with E-state index in [0.29, 0.717) is 5.56 Å². The molecule has 6 nitrogen and oxygen atoms in total. The lowest BCUT2D eigenvalue weighted by Crippen LogP contribution is -2.46. The van der Waals surface area contributed by atoms with Crippen molar-refractivity contribution in [2.75, 3.05) is 18.1 Å². The van der Waals surface area contributed by atoms with Crippen molar-refractivity contribution in [3.05, 3.63) is 28.8 Å². The first-order chi connectivity index (χ1) is 10.1. The van der Waals surface area contributed by atoms with Gasteiger partial charge in [0.15, 0.2) is 9.84 Å². The van der Waals surface area contributed by atoms with Gasteiger partial charge in [-0.3, -0.25) is 0 Å². The molecule has 2 rings (SSSR count). The van der Waals surface area contributed by atoms with E-state index in [1.807, 2.05) is 0 Å². The van der Waals surface area contributed by atoms with Crippen LogP contribution >= 0.6 is 11.6 Å². The van der Waals surface area contributed by atoms with Gasteiger partial charge in [0.05, 0.1) is 28.5 Å². The fourth-order valence-corrected chi connectivity index (χ4v) is 6.69. The van der Waals surface area contributed by atoms with Crippen LogP contribution < -0.4 is 0 Å². The Labute approximate surface area is 135 Å². The van der Waals surface area contributed by atoms with Crippen molar-refractivity contribution in [3.63, 3.8) is 0 Å². The predicted octanol–water partition coefficient (Wildman–Crippen LogP) is 0.817. The maximum Gasteiger partial charge on any atom is 0.243 e. The average molecular weight is 368 g/mol. The van der Waals surface area contributed by atoms with Gasteiger partial charge in [0.2, 0.25) is 10.0 Å². The van der Waals surface area contributed by atoms with Crippen LogP contribution in [-0.2, 0) is 19.9 Å². The maximum atomic E-state index is 12.8. The summed E-state index contributed by atoms with van der Waals surface area (Å²) in [7, 11) is -7.39. The number of halogens is 1. The van der Waals surface area contributed by atoms with Gasteiger partial charge in [0.25, 0.3) is 0 Å². The Bertz CT molecular complexity index is 776. The highest BCUT2D eigenvalue weighted by Gasteiger charge is 2.44. The van der Waals surface area contributed by atoms with Gasteiger partial charge in [-0.15, -0.1) is 0 Å². The van der Waals surface area contributed by atoms with Gasteiger partial charge >= 0.3 is 0 Å². The number of hydrogen-bond donors (Lipinski definition) is 1. The van der Waals surface area contributed by atoms with Crippen molar-refractivity contribution < 1.29 is 21.9 Å².